The molecular formula is C13H10Cl3N. The third kappa shape index (κ3) is 3.14. The van der Waals surface area contributed by atoms with E-state index in [1.165, 1.54) is 0 Å². The van der Waals surface area contributed by atoms with E-state index < -0.39 is 0 Å². The Morgan fingerprint density at radius 1 is 0.706 bits per heavy atom. The van der Waals surface area contributed by atoms with Crippen molar-refractivity contribution in [2.45, 2.75) is 6.04 Å². The first-order valence-corrected chi connectivity index (χ1v) is 6.21. The molecule has 0 atom stereocenters. The molecule has 2 aromatic rings. The zero-order valence-electron chi connectivity index (χ0n) is 8.83. The Balaban J connectivity index is 2.33. The zero-order valence-corrected chi connectivity index (χ0v) is 11.1. The first-order valence-electron chi connectivity index (χ1n) is 5.08. The maximum atomic E-state index is 5.86. The average Bonchev–Trinajstić information content (AvgIpc) is 2.35. The van der Waals surface area contributed by atoms with Crippen molar-refractivity contribution < 1.29 is 0 Å². The highest BCUT2D eigenvalue weighted by atomic mass is 35.5. The van der Waals surface area contributed by atoms with Crippen molar-refractivity contribution in [1.29, 1.82) is 0 Å². The van der Waals surface area contributed by atoms with E-state index in [9.17, 15) is 0 Å². The van der Waals surface area contributed by atoms with Crippen molar-refractivity contribution in [3.8, 4) is 0 Å². The monoisotopic (exact) mass is 285 g/mol. The Morgan fingerprint density at radius 2 is 1.06 bits per heavy atom. The lowest BCUT2D eigenvalue weighted by Gasteiger charge is -2.15. The summed E-state index contributed by atoms with van der Waals surface area (Å²) in [4.78, 5) is 2.76. The number of benzene rings is 2. The molecule has 17 heavy (non-hydrogen) atoms. The summed E-state index contributed by atoms with van der Waals surface area (Å²) in [6, 6.07) is 15.1. The van der Waals surface area contributed by atoms with Crippen LogP contribution in [0.5, 0.6) is 0 Å². The number of nitrogens with one attached hydrogen (secondary N) is 1. The van der Waals surface area contributed by atoms with Gasteiger partial charge in [-0.3, -0.25) is 0 Å². The van der Waals surface area contributed by atoms with E-state index in [1.807, 2.05) is 48.5 Å². The molecule has 0 fully saturated rings. The first kappa shape index (κ1) is 12.7. The van der Waals surface area contributed by atoms with Gasteiger partial charge in [0, 0.05) is 10.0 Å². The van der Waals surface area contributed by atoms with Crippen molar-refractivity contribution in [3.63, 3.8) is 0 Å². The fourth-order valence-electron chi connectivity index (χ4n) is 1.63. The average molecular weight is 287 g/mol. The Morgan fingerprint density at radius 3 is 1.35 bits per heavy atom. The lowest BCUT2D eigenvalue weighted by Crippen LogP contribution is -2.12. The summed E-state index contributed by atoms with van der Waals surface area (Å²) >= 11 is 17.5. The van der Waals surface area contributed by atoms with Crippen LogP contribution in [-0.2, 0) is 0 Å². The number of halogens is 3. The first-order chi connectivity index (χ1) is 8.20. The molecule has 0 radical (unpaired) electrons. The quantitative estimate of drug-likeness (QED) is 0.797. The molecule has 0 spiro atoms. The molecule has 0 saturated heterocycles. The van der Waals surface area contributed by atoms with E-state index >= 15 is 0 Å². The summed E-state index contributed by atoms with van der Waals surface area (Å²) in [6.07, 6.45) is 0. The van der Waals surface area contributed by atoms with Gasteiger partial charge >= 0.3 is 0 Å². The second kappa shape index (κ2) is 5.74. The second-order valence-electron chi connectivity index (χ2n) is 3.65. The minimum atomic E-state index is -0.0776. The van der Waals surface area contributed by atoms with Crippen molar-refractivity contribution >= 4 is 35.0 Å². The summed E-state index contributed by atoms with van der Waals surface area (Å²) in [5.74, 6) is 0. The van der Waals surface area contributed by atoms with Gasteiger partial charge in [-0.25, -0.2) is 4.84 Å². The molecule has 1 nitrogen and oxygen atoms in total. The van der Waals surface area contributed by atoms with Crippen LogP contribution in [0.3, 0.4) is 0 Å². The van der Waals surface area contributed by atoms with Crippen LogP contribution in [0.2, 0.25) is 10.0 Å². The van der Waals surface area contributed by atoms with Gasteiger partial charge < -0.3 is 0 Å². The predicted molar refractivity (Wildman–Crippen MR) is 73.7 cm³/mol. The zero-order chi connectivity index (χ0) is 12.3. The van der Waals surface area contributed by atoms with Gasteiger partial charge in [0.2, 0.25) is 0 Å². The molecule has 0 heterocycles. The summed E-state index contributed by atoms with van der Waals surface area (Å²) in [5.41, 5.74) is 2.10. The normalized spacial score (nSPS) is 10.8. The van der Waals surface area contributed by atoms with Gasteiger partial charge in [-0.2, -0.15) is 0 Å². The van der Waals surface area contributed by atoms with Gasteiger partial charge in [0.25, 0.3) is 0 Å². The molecule has 2 aromatic carbocycles. The molecular weight excluding hydrogens is 277 g/mol. The van der Waals surface area contributed by atoms with Gasteiger partial charge in [-0.05, 0) is 47.2 Å². The molecule has 4 heteroatoms. The SMILES string of the molecule is ClNC(c1ccc(Cl)cc1)c1ccc(Cl)cc1. The Bertz CT molecular complexity index is 434. The van der Waals surface area contributed by atoms with E-state index in [0.29, 0.717) is 10.0 Å². The van der Waals surface area contributed by atoms with Gasteiger partial charge in [-0.1, -0.05) is 47.5 Å². The molecule has 0 aliphatic heterocycles. The van der Waals surface area contributed by atoms with Crippen LogP contribution in [0.1, 0.15) is 17.2 Å². The number of hydrogen-bond acceptors (Lipinski definition) is 1. The summed E-state index contributed by atoms with van der Waals surface area (Å²) in [5, 5.41) is 1.41. The molecule has 2 rings (SSSR count). The maximum absolute atomic E-state index is 5.86. The Kier molecular flexibility index (Phi) is 4.30. The van der Waals surface area contributed by atoms with Crippen LogP contribution in [0.15, 0.2) is 48.5 Å². The highest BCUT2D eigenvalue weighted by Gasteiger charge is 2.12. The molecule has 0 aliphatic rings. The van der Waals surface area contributed by atoms with E-state index in [-0.39, 0.29) is 6.04 Å². The topological polar surface area (TPSA) is 12.0 Å². The van der Waals surface area contributed by atoms with Crippen LogP contribution >= 0.6 is 35.0 Å². The smallest absolute Gasteiger partial charge is 0.0720 e. The minimum Gasteiger partial charge on any atom is -0.222 e. The lowest BCUT2D eigenvalue weighted by molar-refractivity contribution is 0.794. The van der Waals surface area contributed by atoms with Crippen molar-refractivity contribution in [2.75, 3.05) is 0 Å². The van der Waals surface area contributed by atoms with E-state index in [2.05, 4.69) is 4.84 Å². The van der Waals surface area contributed by atoms with Gasteiger partial charge in [-0.15, -0.1) is 0 Å². The van der Waals surface area contributed by atoms with Gasteiger partial charge in [0.15, 0.2) is 0 Å². The molecule has 88 valence electrons. The molecule has 0 amide bonds. The van der Waals surface area contributed by atoms with Crippen molar-refractivity contribution in [3.05, 3.63) is 69.7 Å². The van der Waals surface area contributed by atoms with Crippen LogP contribution < -0.4 is 4.84 Å². The molecule has 0 aliphatic carbocycles. The van der Waals surface area contributed by atoms with Crippen LogP contribution in [0, 0.1) is 0 Å². The number of rotatable bonds is 3. The van der Waals surface area contributed by atoms with Crippen LogP contribution in [0.25, 0.3) is 0 Å². The lowest BCUT2D eigenvalue weighted by atomic mass is 10.00. The standard InChI is InChI=1S/C13H10Cl3N/c14-11-5-1-9(2-6-11)13(17-16)10-3-7-12(15)8-4-10/h1-8,13,17H. The summed E-state index contributed by atoms with van der Waals surface area (Å²) in [6.45, 7) is 0. The fraction of sp³-hybridized carbons (Fsp3) is 0.0769. The van der Waals surface area contributed by atoms with Gasteiger partial charge in [0.1, 0.15) is 0 Å². The second-order valence-corrected chi connectivity index (χ2v) is 4.74. The largest absolute Gasteiger partial charge is 0.222 e. The van der Waals surface area contributed by atoms with Crippen LogP contribution in [-0.4, -0.2) is 0 Å². The van der Waals surface area contributed by atoms with E-state index in [1.54, 1.807) is 0 Å². The minimum absolute atomic E-state index is 0.0776. The fourth-order valence-corrected chi connectivity index (χ4v) is 2.13. The molecule has 0 bridgehead atoms. The molecule has 0 saturated carbocycles. The summed E-state index contributed by atoms with van der Waals surface area (Å²) in [7, 11) is 0. The molecule has 1 N–H and O–H groups in total. The Labute approximate surface area is 115 Å². The number of hydrogen-bond donors (Lipinski definition) is 1. The highest BCUT2D eigenvalue weighted by molar-refractivity contribution is 6.30. The Hall–Kier alpha value is -0.730. The maximum Gasteiger partial charge on any atom is 0.0720 e. The predicted octanol–water partition coefficient (Wildman–Crippen LogP) is 4.83. The summed E-state index contributed by atoms with van der Waals surface area (Å²) < 4.78 is 0. The van der Waals surface area contributed by atoms with Gasteiger partial charge in [0.05, 0.1) is 6.04 Å². The molecule has 0 aromatic heterocycles. The highest BCUT2D eigenvalue weighted by Crippen LogP contribution is 2.25. The molecule has 0 unspecified atom stereocenters. The third-order valence-corrected chi connectivity index (χ3v) is 3.24. The van der Waals surface area contributed by atoms with Crippen LogP contribution in [0.4, 0.5) is 0 Å². The van der Waals surface area contributed by atoms with E-state index in [4.69, 9.17) is 35.0 Å². The van der Waals surface area contributed by atoms with Crippen molar-refractivity contribution in [2.24, 2.45) is 0 Å². The third-order valence-electron chi connectivity index (χ3n) is 2.52. The van der Waals surface area contributed by atoms with Crippen molar-refractivity contribution in [1.82, 2.24) is 4.84 Å². The van der Waals surface area contributed by atoms with E-state index in [0.717, 1.165) is 11.1 Å².